The van der Waals surface area contributed by atoms with Crippen molar-refractivity contribution in [1.82, 2.24) is 0 Å². The van der Waals surface area contributed by atoms with Crippen LogP contribution in [0.1, 0.15) is 5.56 Å². The van der Waals surface area contributed by atoms with Gasteiger partial charge >= 0.3 is 0 Å². The fraction of sp³-hybridized carbons (Fsp3) is 0.400. The number of hydrogen-bond donors (Lipinski definition) is 1. The summed E-state index contributed by atoms with van der Waals surface area (Å²) in [6, 6.07) is 3.06. The fourth-order valence-corrected chi connectivity index (χ4v) is 2.30. The van der Waals surface area contributed by atoms with Crippen LogP contribution in [0.25, 0.3) is 0 Å². The molecule has 1 aliphatic rings. The maximum Gasteiger partial charge on any atom is 0.149 e. The summed E-state index contributed by atoms with van der Waals surface area (Å²) in [5.41, 5.74) is 2.00. The van der Waals surface area contributed by atoms with E-state index >= 15 is 0 Å². The maximum atomic E-state index is 13.5. The summed E-state index contributed by atoms with van der Waals surface area (Å²) in [5.74, 6) is -0.395. The third kappa shape index (κ3) is 2.12. The molecular weight excluding hydrogens is 215 g/mol. The van der Waals surface area contributed by atoms with E-state index in [0.29, 0.717) is 0 Å². The first kappa shape index (κ1) is 10.4. The minimum Gasteiger partial charge on any atom is -0.384 e. The van der Waals surface area contributed by atoms with Gasteiger partial charge in [0.15, 0.2) is 0 Å². The molecule has 1 aliphatic heterocycles. The van der Waals surface area contributed by atoms with Gasteiger partial charge in [-0.05, 0) is 18.6 Å². The van der Waals surface area contributed by atoms with Crippen LogP contribution in [0, 0.1) is 5.82 Å². The molecule has 0 aromatic heterocycles. The summed E-state index contributed by atoms with van der Waals surface area (Å²) in [7, 11) is -2.31. The number of benzene rings is 1. The number of hydrogen-bond acceptors (Lipinski definition) is 3. The van der Waals surface area contributed by atoms with Gasteiger partial charge in [-0.2, -0.15) is 4.36 Å². The van der Waals surface area contributed by atoms with Gasteiger partial charge in [0.2, 0.25) is 0 Å². The monoisotopic (exact) mass is 228 g/mol. The molecule has 1 N–H and O–H groups in total. The Morgan fingerprint density at radius 1 is 1.47 bits per heavy atom. The molecule has 0 amide bonds. The number of halogens is 1. The van der Waals surface area contributed by atoms with Crippen LogP contribution in [0.15, 0.2) is 16.5 Å². The molecule has 0 fully saturated rings. The SMILES string of the molecule is CS(C)(=O)=Nc1c(F)ccc2c1CCN2. The van der Waals surface area contributed by atoms with Crippen LogP contribution >= 0.6 is 0 Å². The smallest absolute Gasteiger partial charge is 0.149 e. The molecule has 0 saturated heterocycles. The quantitative estimate of drug-likeness (QED) is 0.800. The van der Waals surface area contributed by atoms with Crippen molar-refractivity contribution in [1.29, 1.82) is 0 Å². The van der Waals surface area contributed by atoms with Gasteiger partial charge in [0, 0.05) is 40.0 Å². The van der Waals surface area contributed by atoms with E-state index in [1.807, 2.05) is 0 Å². The Bertz CT molecular complexity index is 510. The van der Waals surface area contributed by atoms with E-state index in [9.17, 15) is 8.60 Å². The molecule has 0 aliphatic carbocycles. The Balaban J connectivity index is 2.66. The third-order valence-electron chi connectivity index (χ3n) is 2.24. The van der Waals surface area contributed by atoms with Crippen molar-refractivity contribution in [2.24, 2.45) is 4.36 Å². The van der Waals surface area contributed by atoms with Gasteiger partial charge in [-0.15, -0.1) is 0 Å². The fourth-order valence-electron chi connectivity index (χ4n) is 1.67. The first-order chi connectivity index (χ1) is 6.97. The van der Waals surface area contributed by atoms with E-state index < -0.39 is 15.5 Å². The van der Waals surface area contributed by atoms with Crippen molar-refractivity contribution in [3.63, 3.8) is 0 Å². The molecule has 0 radical (unpaired) electrons. The zero-order valence-corrected chi connectivity index (χ0v) is 9.53. The molecule has 0 spiro atoms. The van der Waals surface area contributed by atoms with Crippen LogP contribution < -0.4 is 5.32 Å². The van der Waals surface area contributed by atoms with E-state index in [4.69, 9.17) is 0 Å². The van der Waals surface area contributed by atoms with Crippen molar-refractivity contribution >= 4 is 21.1 Å². The molecule has 5 heteroatoms. The van der Waals surface area contributed by atoms with Crippen LogP contribution in [-0.4, -0.2) is 23.3 Å². The van der Waals surface area contributed by atoms with Gasteiger partial charge in [0.25, 0.3) is 0 Å². The highest BCUT2D eigenvalue weighted by Crippen LogP contribution is 2.34. The van der Waals surface area contributed by atoms with Gasteiger partial charge < -0.3 is 5.32 Å². The summed E-state index contributed by atoms with van der Waals surface area (Å²) >= 11 is 0. The van der Waals surface area contributed by atoms with E-state index in [2.05, 4.69) is 9.68 Å². The molecular formula is C10H13FN2OS. The van der Waals surface area contributed by atoms with Crippen molar-refractivity contribution in [2.45, 2.75) is 6.42 Å². The number of fused-ring (bicyclic) bond motifs is 1. The largest absolute Gasteiger partial charge is 0.384 e. The normalized spacial score (nSPS) is 14.6. The van der Waals surface area contributed by atoms with Crippen LogP contribution in [-0.2, 0) is 16.1 Å². The average Bonchev–Trinajstić information content (AvgIpc) is 2.56. The Kier molecular flexibility index (Phi) is 2.42. The highest BCUT2D eigenvalue weighted by atomic mass is 32.2. The Morgan fingerprint density at radius 2 is 2.20 bits per heavy atom. The third-order valence-corrected chi connectivity index (χ3v) is 2.86. The molecule has 3 nitrogen and oxygen atoms in total. The number of nitrogens with one attached hydrogen (secondary N) is 1. The molecule has 0 bridgehead atoms. The van der Waals surface area contributed by atoms with Crippen LogP contribution in [0.4, 0.5) is 15.8 Å². The average molecular weight is 228 g/mol. The molecule has 0 saturated carbocycles. The van der Waals surface area contributed by atoms with Crippen molar-refractivity contribution in [3.8, 4) is 0 Å². The number of nitrogens with zero attached hydrogens (tertiary/aromatic N) is 1. The Morgan fingerprint density at radius 3 is 2.87 bits per heavy atom. The lowest BCUT2D eigenvalue weighted by atomic mass is 10.1. The molecule has 0 unspecified atom stereocenters. The van der Waals surface area contributed by atoms with Gasteiger partial charge in [-0.1, -0.05) is 0 Å². The van der Waals surface area contributed by atoms with Gasteiger partial charge in [0.1, 0.15) is 11.5 Å². The summed E-state index contributed by atoms with van der Waals surface area (Å²) in [5, 5.41) is 3.13. The van der Waals surface area contributed by atoms with Gasteiger partial charge in [0.05, 0.1) is 0 Å². The number of anilines is 1. The number of rotatable bonds is 1. The zero-order valence-electron chi connectivity index (χ0n) is 8.71. The van der Waals surface area contributed by atoms with Gasteiger partial charge in [-0.3, -0.25) is 0 Å². The first-order valence-corrected chi connectivity index (χ1v) is 7.03. The van der Waals surface area contributed by atoms with Crippen LogP contribution in [0.3, 0.4) is 0 Å². The lowest BCUT2D eigenvalue weighted by Crippen LogP contribution is -1.92. The molecule has 82 valence electrons. The second-order valence-corrected chi connectivity index (χ2v) is 6.42. The zero-order chi connectivity index (χ0) is 11.1. The standard InChI is InChI=1S/C10H13FN2OS/c1-15(2,14)13-10-7-5-6-12-9(7)4-3-8(10)11/h3-4,12H,5-6H2,1-2H3. The van der Waals surface area contributed by atoms with E-state index in [1.165, 1.54) is 18.6 Å². The van der Waals surface area contributed by atoms with Crippen molar-refractivity contribution < 1.29 is 8.60 Å². The van der Waals surface area contributed by atoms with E-state index in [1.54, 1.807) is 6.07 Å². The highest BCUT2D eigenvalue weighted by molar-refractivity contribution is 7.92. The van der Waals surface area contributed by atoms with E-state index in [0.717, 1.165) is 24.2 Å². The summed E-state index contributed by atoms with van der Waals surface area (Å²) in [6.07, 6.45) is 3.75. The van der Waals surface area contributed by atoms with Gasteiger partial charge in [-0.25, -0.2) is 8.60 Å². The summed E-state index contributed by atoms with van der Waals surface area (Å²) < 4.78 is 29.1. The predicted molar refractivity (Wildman–Crippen MR) is 60.7 cm³/mol. The lowest BCUT2D eigenvalue weighted by Gasteiger charge is -2.05. The lowest BCUT2D eigenvalue weighted by molar-refractivity contribution is 0.628. The maximum absolute atomic E-state index is 13.5. The first-order valence-electron chi connectivity index (χ1n) is 4.70. The predicted octanol–water partition coefficient (Wildman–Crippen LogP) is 2.15. The van der Waals surface area contributed by atoms with Crippen LogP contribution in [0.2, 0.25) is 0 Å². The minimum absolute atomic E-state index is 0.257. The molecule has 1 heterocycles. The second kappa shape index (κ2) is 3.48. The van der Waals surface area contributed by atoms with Crippen molar-refractivity contribution in [3.05, 3.63) is 23.5 Å². The topological polar surface area (TPSA) is 41.5 Å². The Hall–Kier alpha value is -1.10. The Labute approximate surface area is 88.9 Å². The highest BCUT2D eigenvalue weighted by Gasteiger charge is 2.17. The molecule has 0 atom stereocenters. The molecule has 1 aromatic rings. The van der Waals surface area contributed by atoms with Crippen LogP contribution in [0.5, 0.6) is 0 Å². The summed E-state index contributed by atoms with van der Waals surface area (Å²) in [4.78, 5) is 0. The summed E-state index contributed by atoms with van der Waals surface area (Å²) in [6.45, 7) is 0.788. The minimum atomic E-state index is -2.31. The van der Waals surface area contributed by atoms with Crippen molar-refractivity contribution in [2.75, 3.05) is 24.4 Å². The molecule has 1 aromatic carbocycles. The second-order valence-electron chi connectivity index (χ2n) is 3.87. The molecule has 15 heavy (non-hydrogen) atoms. The molecule has 2 rings (SSSR count). The van der Waals surface area contributed by atoms with E-state index in [-0.39, 0.29) is 5.69 Å².